The predicted octanol–water partition coefficient (Wildman–Crippen LogP) is 4.39. The van der Waals surface area contributed by atoms with E-state index in [-0.39, 0.29) is 0 Å². The molecule has 3 aliphatic carbocycles. The van der Waals surface area contributed by atoms with Gasteiger partial charge < -0.3 is 5.32 Å². The van der Waals surface area contributed by atoms with Crippen LogP contribution in [0, 0.1) is 23.7 Å². The van der Waals surface area contributed by atoms with Crippen LogP contribution < -0.4 is 10.7 Å². The van der Waals surface area contributed by atoms with Crippen molar-refractivity contribution in [3.63, 3.8) is 0 Å². The van der Waals surface area contributed by atoms with E-state index in [1.807, 2.05) is 6.07 Å². The van der Waals surface area contributed by atoms with E-state index in [1.54, 1.807) is 18.3 Å². The zero-order valence-electron chi connectivity index (χ0n) is 13.1. The molecule has 1 aromatic carbocycles. The molecule has 6 heteroatoms. The van der Waals surface area contributed by atoms with Crippen LogP contribution in [0.3, 0.4) is 0 Å². The van der Waals surface area contributed by atoms with Crippen LogP contribution in [-0.4, -0.2) is 17.4 Å². The number of allylic oxidation sites excluding steroid dienone is 2. The molecule has 3 aliphatic rings. The summed E-state index contributed by atoms with van der Waals surface area (Å²) in [6.07, 6.45) is 10.3. The van der Waals surface area contributed by atoms with Gasteiger partial charge in [0.25, 0.3) is 0 Å². The fourth-order valence-corrected chi connectivity index (χ4v) is 5.18. The van der Waals surface area contributed by atoms with E-state index in [0.717, 1.165) is 29.2 Å². The number of nitrogens with one attached hydrogen (secondary N) is 2. The zero-order chi connectivity index (χ0) is 16.7. The maximum absolute atomic E-state index is 5.99. The molecule has 0 unspecified atom stereocenters. The van der Waals surface area contributed by atoms with Gasteiger partial charge in [0.1, 0.15) is 0 Å². The molecule has 1 aromatic rings. The molecule has 126 valence electrons. The van der Waals surface area contributed by atoms with Crippen molar-refractivity contribution in [1.82, 2.24) is 10.7 Å². The van der Waals surface area contributed by atoms with Crippen LogP contribution in [0.2, 0.25) is 10.0 Å². The molecule has 2 fully saturated rings. The fourth-order valence-electron chi connectivity index (χ4n) is 4.67. The lowest BCUT2D eigenvalue weighted by Gasteiger charge is -2.32. The van der Waals surface area contributed by atoms with E-state index in [2.05, 4.69) is 28.0 Å². The van der Waals surface area contributed by atoms with E-state index in [0.29, 0.717) is 21.2 Å². The van der Waals surface area contributed by atoms with E-state index in [9.17, 15) is 0 Å². The SMILES string of the molecule is S=C(N/N=C\c1ccc(Cl)c(Cl)c1)N[C@H]1C[C@@H]2C[C@@H]1[C@H]1C=CC[C@H]21. The Morgan fingerprint density at radius 1 is 1.21 bits per heavy atom. The van der Waals surface area contributed by atoms with Gasteiger partial charge in [0.15, 0.2) is 5.11 Å². The van der Waals surface area contributed by atoms with E-state index in [1.165, 1.54) is 19.3 Å². The maximum atomic E-state index is 5.99. The van der Waals surface area contributed by atoms with Crippen LogP contribution in [0.15, 0.2) is 35.5 Å². The summed E-state index contributed by atoms with van der Waals surface area (Å²) in [7, 11) is 0. The highest BCUT2D eigenvalue weighted by atomic mass is 35.5. The third-order valence-corrected chi connectivity index (χ3v) is 6.60. The summed E-state index contributed by atoms with van der Waals surface area (Å²) in [4.78, 5) is 0. The van der Waals surface area contributed by atoms with Crippen molar-refractivity contribution in [1.29, 1.82) is 0 Å². The Labute approximate surface area is 157 Å². The molecule has 0 amide bonds. The van der Waals surface area contributed by atoms with Crippen molar-refractivity contribution in [2.75, 3.05) is 0 Å². The number of nitrogens with zero attached hydrogens (tertiary/aromatic N) is 1. The Balaban J connectivity index is 1.30. The summed E-state index contributed by atoms with van der Waals surface area (Å²) < 4.78 is 0. The molecular weight excluding hydrogens is 361 g/mol. The Kier molecular flexibility index (Phi) is 4.54. The Bertz CT molecular complexity index is 718. The summed E-state index contributed by atoms with van der Waals surface area (Å²) in [5.41, 5.74) is 3.78. The molecule has 0 radical (unpaired) electrons. The molecular formula is C18H19Cl2N3S. The van der Waals surface area contributed by atoms with Gasteiger partial charge >= 0.3 is 0 Å². The smallest absolute Gasteiger partial charge is 0.187 e. The maximum Gasteiger partial charge on any atom is 0.187 e. The largest absolute Gasteiger partial charge is 0.358 e. The Hall–Kier alpha value is -1.10. The summed E-state index contributed by atoms with van der Waals surface area (Å²) in [5, 5.41) is 9.28. The molecule has 24 heavy (non-hydrogen) atoms. The molecule has 3 nitrogen and oxygen atoms in total. The van der Waals surface area contributed by atoms with Crippen molar-refractivity contribution in [3.8, 4) is 0 Å². The van der Waals surface area contributed by atoms with E-state index in [4.69, 9.17) is 35.4 Å². The Morgan fingerprint density at radius 2 is 2.08 bits per heavy atom. The zero-order valence-corrected chi connectivity index (χ0v) is 15.4. The number of rotatable bonds is 3. The van der Waals surface area contributed by atoms with Gasteiger partial charge in [0.05, 0.1) is 16.3 Å². The molecule has 2 N–H and O–H groups in total. The number of thiocarbonyl (C=S) groups is 1. The summed E-state index contributed by atoms with van der Waals surface area (Å²) >= 11 is 17.3. The highest BCUT2D eigenvalue weighted by Crippen LogP contribution is 2.56. The molecule has 0 aromatic heterocycles. The molecule has 2 bridgehead atoms. The fraction of sp³-hybridized carbons (Fsp3) is 0.444. The van der Waals surface area contributed by atoms with Crippen molar-refractivity contribution < 1.29 is 0 Å². The minimum atomic E-state index is 0.471. The van der Waals surface area contributed by atoms with Gasteiger partial charge in [0, 0.05) is 6.04 Å². The lowest BCUT2D eigenvalue weighted by molar-refractivity contribution is 0.246. The van der Waals surface area contributed by atoms with Gasteiger partial charge in [-0.15, -0.1) is 0 Å². The first kappa shape index (κ1) is 16.4. The highest BCUT2D eigenvalue weighted by Gasteiger charge is 2.52. The van der Waals surface area contributed by atoms with Crippen LogP contribution in [0.1, 0.15) is 24.8 Å². The molecule has 4 rings (SSSR count). The number of hydrazone groups is 1. The predicted molar refractivity (Wildman–Crippen MR) is 104 cm³/mol. The normalized spacial score (nSPS) is 33.2. The lowest BCUT2D eigenvalue weighted by Crippen LogP contribution is -2.45. The van der Waals surface area contributed by atoms with Gasteiger partial charge in [-0.2, -0.15) is 5.10 Å². The third-order valence-electron chi connectivity index (χ3n) is 5.65. The summed E-state index contributed by atoms with van der Waals surface area (Å²) in [6.45, 7) is 0. The van der Waals surface area contributed by atoms with Crippen molar-refractivity contribution in [2.24, 2.45) is 28.8 Å². The van der Waals surface area contributed by atoms with Gasteiger partial charge in [-0.25, -0.2) is 0 Å². The molecule has 2 saturated carbocycles. The Morgan fingerprint density at radius 3 is 2.92 bits per heavy atom. The van der Waals surface area contributed by atoms with Crippen molar-refractivity contribution in [3.05, 3.63) is 46.0 Å². The second-order valence-corrected chi connectivity index (χ2v) is 8.15. The summed E-state index contributed by atoms with van der Waals surface area (Å²) in [6, 6.07) is 5.86. The van der Waals surface area contributed by atoms with Crippen LogP contribution in [0.4, 0.5) is 0 Å². The average Bonchev–Trinajstić information content (AvgIpc) is 3.23. The molecule has 0 spiro atoms. The highest BCUT2D eigenvalue weighted by molar-refractivity contribution is 7.80. The lowest BCUT2D eigenvalue weighted by atomic mass is 9.79. The molecule has 0 aliphatic heterocycles. The third kappa shape index (κ3) is 3.07. The molecule has 0 saturated heterocycles. The van der Waals surface area contributed by atoms with Crippen molar-refractivity contribution >= 4 is 46.7 Å². The minimum Gasteiger partial charge on any atom is -0.358 e. The van der Waals surface area contributed by atoms with Crippen LogP contribution in [0.5, 0.6) is 0 Å². The van der Waals surface area contributed by atoms with Gasteiger partial charge in [-0.05, 0) is 72.8 Å². The number of halogens is 2. The monoisotopic (exact) mass is 379 g/mol. The molecule has 0 heterocycles. The van der Waals surface area contributed by atoms with Crippen LogP contribution in [-0.2, 0) is 0 Å². The van der Waals surface area contributed by atoms with Gasteiger partial charge in [0.2, 0.25) is 0 Å². The molecule has 5 atom stereocenters. The topological polar surface area (TPSA) is 36.4 Å². The number of hydrogen-bond acceptors (Lipinski definition) is 2. The first-order chi connectivity index (χ1) is 11.6. The average molecular weight is 380 g/mol. The van der Waals surface area contributed by atoms with Gasteiger partial charge in [-0.3, -0.25) is 5.43 Å². The van der Waals surface area contributed by atoms with E-state index >= 15 is 0 Å². The quantitative estimate of drug-likeness (QED) is 0.353. The second kappa shape index (κ2) is 6.66. The van der Waals surface area contributed by atoms with Crippen LogP contribution >= 0.6 is 35.4 Å². The number of benzene rings is 1. The second-order valence-electron chi connectivity index (χ2n) is 6.92. The minimum absolute atomic E-state index is 0.471. The van der Waals surface area contributed by atoms with Gasteiger partial charge in [-0.1, -0.05) is 41.4 Å². The van der Waals surface area contributed by atoms with Crippen molar-refractivity contribution in [2.45, 2.75) is 25.3 Å². The van der Waals surface area contributed by atoms with Crippen LogP contribution in [0.25, 0.3) is 0 Å². The number of hydrogen-bond donors (Lipinski definition) is 2. The summed E-state index contributed by atoms with van der Waals surface area (Å²) in [5.74, 6) is 3.22. The first-order valence-electron chi connectivity index (χ1n) is 8.33. The first-order valence-corrected chi connectivity index (χ1v) is 9.49. The standard InChI is InChI=1S/C18H19Cl2N3S/c19-15-5-4-10(6-16(15)20)9-21-23-18(24)22-17-8-11-7-14(17)13-3-1-2-12(11)13/h1,3-6,9,11-14,17H,2,7-8H2,(H2,22,23,24)/b21-9-/t11-,12+,13-,14+,17-/m0/s1. The number of fused-ring (bicyclic) bond motifs is 5. The van der Waals surface area contributed by atoms with E-state index < -0.39 is 0 Å².